The summed E-state index contributed by atoms with van der Waals surface area (Å²) in [6, 6.07) is 0.481. The average Bonchev–Trinajstić information content (AvgIpc) is 3.37. The highest BCUT2D eigenvalue weighted by molar-refractivity contribution is 5.77. The molecule has 1 aliphatic carbocycles. The molecule has 0 aromatic heterocycles. The molecule has 0 spiro atoms. The van der Waals surface area contributed by atoms with E-state index in [0.29, 0.717) is 42.0 Å². The molecule has 0 radical (unpaired) electrons. The van der Waals surface area contributed by atoms with E-state index in [4.69, 9.17) is 0 Å². The van der Waals surface area contributed by atoms with Crippen LogP contribution in [0.2, 0.25) is 0 Å². The Balaban J connectivity index is 1.23. The molecule has 27 heavy (non-hydrogen) atoms. The van der Waals surface area contributed by atoms with Gasteiger partial charge in [-0.15, -0.1) is 0 Å². The number of piperidine rings is 2. The summed E-state index contributed by atoms with van der Waals surface area (Å²) in [7, 11) is 0. The van der Waals surface area contributed by atoms with Gasteiger partial charge in [0, 0.05) is 45.1 Å². The van der Waals surface area contributed by atoms with Crippen molar-refractivity contribution >= 4 is 11.8 Å². The van der Waals surface area contributed by atoms with Crippen molar-refractivity contribution in [2.24, 2.45) is 17.8 Å². The Bertz CT molecular complexity index is 526. The molecule has 0 aromatic rings. The van der Waals surface area contributed by atoms with Crippen molar-refractivity contribution in [2.75, 3.05) is 32.7 Å². The first-order valence-corrected chi connectivity index (χ1v) is 11.5. The molecule has 1 saturated carbocycles. The molecule has 4 aliphatic rings. The molecular weight excluding hydrogens is 338 g/mol. The minimum atomic E-state index is 0.346. The number of likely N-dealkylation sites (tertiary alicyclic amines) is 2. The van der Waals surface area contributed by atoms with Gasteiger partial charge in [-0.1, -0.05) is 12.8 Å². The molecule has 0 unspecified atom stereocenters. The zero-order chi connectivity index (χ0) is 18.6. The van der Waals surface area contributed by atoms with Crippen LogP contribution in [-0.2, 0) is 9.59 Å². The number of carbonyl (C=O) groups is 2. The molecule has 3 atom stereocenters. The third-order valence-corrected chi connectivity index (χ3v) is 7.46. The molecule has 2 bridgehead atoms. The molecule has 1 N–H and O–H groups in total. The monoisotopic (exact) mass is 375 g/mol. The van der Waals surface area contributed by atoms with Gasteiger partial charge in [0.15, 0.2) is 0 Å². The van der Waals surface area contributed by atoms with E-state index in [1.165, 1.54) is 44.9 Å². The maximum atomic E-state index is 12.8. The van der Waals surface area contributed by atoms with Crippen LogP contribution in [0.15, 0.2) is 0 Å². The van der Waals surface area contributed by atoms with Crippen molar-refractivity contribution in [2.45, 2.75) is 76.7 Å². The van der Waals surface area contributed by atoms with E-state index in [1.54, 1.807) is 0 Å². The lowest BCUT2D eigenvalue weighted by atomic mass is 9.78. The number of nitrogens with zero attached hydrogens (tertiary/aromatic N) is 2. The highest BCUT2D eigenvalue weighted by atomic mass is 16.2. The second kappa shape index (κ2) is 8.93. The van der Waals surface area contributed by atoms with Gasteiger partial charge in [-0.25, -0.2) is 0 Å². The first kappa shape index (κ1) is 19.2. The number of carbonyl (C=O) groups excluding carboxylic acids is 2. The maximum Gasteiger partial charge on any atom is 0.222 e. The van der Waals surface area contributed by atoms with Crippen molar-refractivity contribution in [1.82, 2.24) is 15.1 Å². The van der Waals surface area contributed by atoms with Crippen LogP contribution in [0.25, 0.3) is 0 Å². The van der Waals surface area contributed by atoms with E-state index in [1.807, 2.05) is 4.90 Å². The van der Waals surface area contributed by atoms with Crippen molar-refractivity contribution < 1.29 is 9.59 Å². The maximum absolute atomic E-state index is 12.8. The predicted octanol–water partition coefficient (Wildman–Crippen LogP) is 2.80. The molecule has 3 aliphatic heterocycles. The molecule has 2 amide bonds. The Kier molecular flexibility index (Phi) is 6.36. The van der Waals surface area contributed by atoms with E-state index in [0.717, 1.165) is 52.0 Å². The molecule has 3 heterocycles. The summed E-state index contributed by atoms with van der Waals surface area (Å²) in [5, 5.41) is 3.73. The second-order valence-corrected chi connectivity index (χ2v) is 9.51. The zero-order valence-electron chi connectivity index (χ0n) is 16.8. The van der Waals surface area contributed by atoms with E-state index in [9.17, 15) is 9.59 Å². The number of fused-ring (bicyclic) bond motifs is 2. The second-order valence-electron chi connectivity index (χ2n) is 9.51. The minimum Gasteiger partial charge on any atom is -0.343 e. The molecule has 4 fully saturated rings. The predicted molar refractivity (Wildman–Crippen MR) is 106 cm³/mol. The smallest absolute Gasteiger partial charge is 0.222 e. The van der Waals surface area contributed by atoms with Crippen molar-refractivity contribution in [1.29, 1.82) is 0 Å². The van der Waals surface area contributed by atoms with Crippen LogP contribution < -0.4 is 5.32 Å². The first-order valence-electron chi connectivity index (χ1n) is 11.5. The SMILES string of the molecule is O=C(CCC[C@H]1NC[C@@H]2C[C@@H]1CN(C(=O)CC1CCCC1)C2)N1CCCC1. The molecule has 3 saturated heterocycles. The van der Waals surface area contributed by atoms with E-state index < -0.39 is 0 Å². The number of nitrogens with one attached hydrogen (secondary N) is 1. The summed E-state index contributed by atoms with van der Waals surface area (Å²) in [5.74, 6) is 2.59. The topological polar surface area (TPSA) is 52.7 Å². The number of hydrogen-bond donors (Lipinski definition) is 1. The summed E-state index contributed by atoms with van der Waals surface area (Å²) in [6.45, 7) is 4.84. The lowest BCUT2D eigenvalue weighted by Crippen LogP contribution is -2.57. The van der Waals surface area contributed by atoms with E-state index in [2.05, 4.69) is 10.2 Å². The molecule has 152 valence electrons. The third-order valence-electron chi connectivity index (χ3n) is 7.46. The highest BCUT2D eigenvalue weighted by Crippen LogP contribution is 2.33. The third kappa shape index (κ3) is 4.85. The van der Waals surface area contributed by atoms with Gasteiger partial charge in [-0.3, -0.25) is 9.59 Å². The van der Waals surface area contributed by atoms with Gasteiger partial charge >= 0.3 is 0 Å². The quantitative estimate of drug-likeness (QED) is 0.777. The Labute approximate surface area is 164 Å². The van der Waals surface area contributed by atoms with Gasteiger partial charge < -0.3 is 15.1 Å². The number of hydrogen-bond acceptors (Lipinski definition) is 3. The van der Waals surface area contributed by atoms with Crippen molar-refractivity contribution in [3.63, 3.8) is 0 Å². The Hall–Kier alpha value is -1.10. The molecule has 0 aromatic carbocycles. The molecule has 5 heteroatoms. The van der Waals surface area contributed by atoms with Gasteiger partial charge in [-0.2, -0.15) is 0 Å². The van der Waals surface area contributed by atoms with Crippen LogP contribution >= 0.6 is 0 Å². The van der Waals surface area contributed by atoms with Crippen LogP contribution in [0.3, 0.4) is 0 Å². The fraction of sp³-hybridized carbons (Fsp3) is 0.909. The van der Waals surface area contributed by atoms with Crippen LogP contribution in [0.4, 0.5) is 0 Å². The zero-order valence-corrected chi connectivity index (χ0v) is 16.8. The Morgan fingerprint density at radius 2 is 1.70 bits per heavy atom. The highest BCUT2D eigenvalue weighted by Gasteiger charge is 2.38. The van der Waals surface area contributed by atoms with Crippen LogP contribution in [0.1, 0.15) is 70.6 Å². The summed E-state index contributed by atoms with van der Waals surface area (Å²) in [6.07, 6.45) is 12.2. The fourth-order valence-electron chi connectivity index (χ4n) is 5.90. The van der Waals surface area contributed by atoms with Crippen LogP contribution in [0, 0.1) is 17.8 Å². The van der Waals surface area contributed by atoms with Crippen LogP contribution in [-0.4, -0.2) is 60.4 Å². The Morgan fingerprint density at radius 3 is 2.48 bits per heavy atom. The molecular formula is C22H37N3O2. The lowest BCUT2D eigenvalue weighted by molar-refractivity contribution is -0.136. The lowest BCUT2D eigenvalue weighted by Gasteiger charge is -2.46. The fourth-order valence-corrected chi connectivity index (χ4v) is 5.90. The molecule has 4 rings (SSSR count). The van der Waals surface area contributed by atoms with Crippen molar-refractivity contribution in [3.8, 4) is 0 Å². The van der Waals surface area contributed by atoms with Gasteiger partial charge in [0.05, 0.1) is 0 Å². The minimum absolute atomic E-state index is 0.346. The van der Waals surface area contributed by atoms with Crippen LogP contribution in [0.5, 0.6) is 0 Å². The largest absolute Gasteiger partial charge is 0.343 e. The summed E-state index contributed by atoms with van der Waals surface area (Å²) >= 11 is 0. The summed E-state index contributed by atoms with van der Waals surface area (Å²) < 4.78 is 0. The normalized spacial score (nSPS) is 31.5. The summed E-state index contributed by atoms with van der Waals surface area (Å²) in [5.41, 5.74) is 0. The van der Waals surface area contributed by atoms with Gasteiger partial charge in [0.2, 0.25) is 11.8 Å². The number of rotatable bonds is 6. The standard InChI is InChI=1S/C22H37N3O2/c26-21(24-10-3-4-11-24)9-5-8-20-19-12-18(14-23-20)15-25(16-19)22(27)13-17-6-1-2-7-17/h17-20,23H,1-16H2/t18-,19+,20+/m0/s1. The average molecular weight is 376 g/mol. The van der Waals surface area contributed by atoms with Gasteiger partial charge in [0.1, 0.15) is 0 Å². The van der Waals surface area contributed by atoms with Gasteiger partial charge in [-0.05, 0) is 69.2 Å². The first-order chi connectivity index (χ1) is 13.2. The van der Waals surface area contributed by atoms with Crippen molar-refractivity contribution in [3.05, 3.63) is 0 Å². The van der Waals surface area contributed by atoms with Gasteiger partial charge in [0.25, 0.3) is 0 Å². The number of amides is 2. The Morgan fingerprint density at radius 1 is 0.926 bits per heavy atom. The summed E-state index contributed by atoms with van der Waals surface area (Å²) in [4.78, 5) is 29.3. The van der Waals surface area contributed by atoms with E-state index in [-0.39, 0.29) is 0 Å². The van der Waals surface area contributed by atoms with E-state index >= 15 is 0 Å². The molecule has 5 nitrogen and oxygen atoms in total.